The van der Waals surface area contributed by atoms with Crippen LogP contribution in [0.4, 0.5) is 0 Å². The summed E-state index contributed by atoms with van der Waals surface area (Å²) in [4.78, 5) is 19.1. The maximum Gasteiger partial charge on any atom is 0.223 e. The lowest BCUT2D eigenvalue weighted by Crippen LogP contribution is -2.33. The number of aromatic nitrogens is 1. The number of carbonyl (C=O) groups is 1. The van der Waals surface area contributed by atoms with Crippen molar-refractivity contribution in [3.63, 3.8) is 0 Å². The van der Waals surface area contributed by atoms with Crippen LogP contribution in [0.5, 0.6) is 5.75 Å². The van der Waals surface area contributed by atoms with Crippen LogP contribution in [0.25, 0.3) is 0 Å². The first-order chi connectivity index (χ1) is 13.4. The van der Waals surface area contributed by atoms with E-state index >= 15 is 0 Å². The van der Waals surface area contributed by atoms with Gasteiger partial charge in [0, 0.05) is 32.1 Å². The first-order valence-electron chi connectivity index (χ1n) is 9.79. The van der Waals surface area contributed by atoms with Crippen LogP contribution in [-0.2, 0) is 22.7 Å². The van der Waals surface area contributed by atoms with E-state index in [0.29, 0.717) is 38.6 Å². The molecule has 0 atom stereocenters. The Morgan fingerprint density at radius 3 is 2.71 bits per heavy atom. The van der Waals surface area contributed by atoms with Crippen molar-refractivity contribution in [2.45, 2.75) is 53.7 Å². The fourth-order valence-corrected chi connectivity index (χ4v) is 3.50. The number of amides is 1. The molecule has 0 saturated heterocycles. The highest BCUT2D eigenvalue weighted by atomic mass is 32.1. The van der Waals surface area contributed by atoms with Crippen molar-refractivity contribution in [2.75, 3.05) is 20.3 Å². The lowest BCUT2D eigenvalue weighted by atomic mass is 10.1. The smallest absolute Gasteiger partial charge is 0.223 e. The summed E-state index contributed by atoms with van der Waals surface area (Å²) in [5, 5.41) is 2.94. The van der Waals surface area contributed by atoms with Gasteiger partial charge >= 0.3 is 0 Å². The van der Waals surface area contributed by atoms with E-state index in [2.05, 4.69) is 38.7 Å². The van der Waals surface area contributed by atoms with Crippen LogP contribution < -0.4 is 4.74 Å². The first kappa shape index (κ1) is 22.4. The highest BCUT2D eigenvalue weighted by Crippen LogP contribution is 2.20. The third-order valence-electron chi connectivity index (χ3n) is 4.50. The van der Waals surface area contributed by atoms with Crippen molar-refractivity contribution in [3.8, 4) is 5.75 Å². The lowest BCUT2D eigenvalue weighted by molar-refractivity contribution is -0.132. The Morgan fingerprint density at radius 1 is 1.25 bits per heavy atom. The van der Waals surface area contributed by atoms with Crippen LogP contribution in [0.2, 0.25) is 0 Å². The topological polar surface area (TPSA) is 51.7 Å². The van der Waals surface area contributed by atoms with E-state index in [1.807, 2.05) is 22.4 Å². The molecule has 0 aliphatic carbocycles. The van der Waals surface area contributed by atoms with Crippen LogP contribution in [0, 0.1) is 19.8 Å². The Bertz CT molecular complexity index is 758. The monoisotopic (exact) mass is 404 g/mol. The molecule has 0 spiro atoms. The largest absolute Gasteiger partial charge is 0.486 e. The third kappa shape index (κ3) is 7.24. The molecule has 1 aromatic carbocycles. The molecule has 28 heavy (non-hydrogen) atoms. The number of rotatable bonds is 11. The predicted octanol–water partition coefficient (Wildman–Crippen LogP) is 4.75. The average Bonchev–Trinajstić information content (AvgIpc) is 3.09. The molecule has 0 fully saturated rings. The second-order valence-corrected chi connectivity index (χ2v) is 8.47. The minimum atomic E-state index is 0.173. The average molecular weight is 405 g/mol. The van der Waals surface area contributed by atoms with Gasteiger partial charge in [-0.3, -0.25) is 4.79 Å². The Labute approximate surface area is 172 Å². The summed E-state index contributed by atoms with van der Waals surface area (Å²) in [6.45, 7) is 10.6. The van der Waals surface area contributed by atoms with E-state index in [4.69, 9.17) is 9.47 Å². The number of benzene rings is 1. The zero-order valence-corrected chi connectivity index (χ0v) is 18.5. The van der Waals surface area contributed by atoms with Gasteiger partial charge in [-0.2, -0.15) is 0 Å². The summed E-state index contributed by atoms with van der Waals surface area (Å²) in [7, 11) is 1.68. The quantitative estimate of drug-likeness (QED) is 0.507. The number of ether oxygens (including phenoxy) is 2. The molecule has 6 heteroatoms. The van der Waals surface area contributed by atoms with Gasteiger partial charge in [-0.15, -0.1) is 11.3 Å². The van der Waals surface area contributed by atoms with E-state index in [0.717, 1.165) is 22.9 Å². The molecule has 0 unspecified atom stereocenters. The van der Waals surface area contributed by atoms with Crippen LogP contribution in [-0.4, -0.2) is 36.1 Å². The summed E-state index contributed by atoms with van der Waals surface area (Å²) in [5.41, 5.74) is 3.38. The number of hydrogen-bond donors (Lipinski definition) is 0. The number of thiazole rings is 1. The second kappa shape index (κ2) is 11.2. The predicted molar refractivity (Wildman–Crippen MR) is 114 cm³/mol. The van der Waals surface area contributed by atoms with Crippen molar-refractivity contribution >= 4 is 17.2 Å². The van der Waals surface area contributed by atoms with Crippen LogP contribution in [0.15, 0.2) is 23.6 Å². The van der Waals surface area contributed by atoms with Gasteiger partial charge in [0.05, 0.1) is 12.2 Å². The summed E-state index contributed by atoms with van der Waals surface area (Å²) in [5.74, 6) is 1.37. The molecule has 0 bridgehead atoms. The Kier molecular flexibility index (Phi) is 8.93. The Morgan fingerprint density at radius 2 is 2.04 bits per heavy atom. The van der Waals surface area contributed by atoms with Crippen molar-refractivity contribution in [2.24, 2.45) is 5.92 Å². The molecule has 0 radical (unpaired) electrons. The molecule has 2 rings (SSSR count). The van der Waals surface area contributed by atoms with E-state index in [1.165, 1.54) is 11.1 Å². The zero-order chi connectivity index (χ0) is 20.5. The first-order valence-corrected chi connectivity index (χ1v) is 10.7. The molecular weight excluding hydrogens is 372 g/mol. The SMILES string of the molecule is COCCCN(Cc1csc(COc2ccc(C)c(C)c2)n1)C(=O)CC(C)C. The zero-order valence-electron chi connectivity index (χ0n) is 17.7. The van der Waals surface area contributed by atoms with Crippen molar-refractivity contribution in [3.05, 3.63) is 45.4 Å². The minimum absolute atomic E-state index is 0.173. The maximum absolute atomic E-state index is 12.6. The molecule has 1 heterocycles. The molecule has 1 amide bonds. The molecule has 0 aliphatic rings. The number of hydrogen-bond acceptors (Lipinski definition) is 5. The van der Waals surface area contributed by atoms with Crippen molar-refractivity contribution in [1.82, 2.24) is 9.88 Å². The van der Waals surface area contributed by atoms with Gasteiger partial charge in [-0.05, 0) is 49.4 Å². The number of aryl methyl sites for hydroxylation is 2. The Balaban J connectivity index is 1.95. The highest BCUT2D eigenvalue weighted by Gasteiger charge is 2.17. The molecule has 2 aromatic rings. The molecule has 154 valence electrons. The number of carbonyl (C=O) groups excluding carboxylic acids is 1. The minimum Gasteiger partial charge on any atom is -0.486 e. The molecule has 1 aromatic heterocycles. The van der Waals surface area contributed by atoms with Gasteiger partial charge in [-0.25, -0.2) is 4.98 Å². The normalized spacial score (nSPS) is 11.1. The number of methoxy groups -OCH3 is 1. The van der Waals surface area contributed by atoms with Gasteiger partial charge in [0.2, 0.25) is 5.91 Å². The lowest BCUT2D eigenvalue weighted by Gasteiger charge is -2.22. The van der Waals surface area contributed by atoms with E-state index < -0.39 is 0 Å². The summed E-state index contributed by atoms with van der Waals surface area (Å²) >= 11 is 1.57. The molecule has 5 nitrogen and oxygen atoms in total. The van der Waals surface area contributed by atoms with Gasteiger partial charge < -0.3 is 14.4 Å². The summed E-state index contributed by atoms with van der Waals surface area (Å²) in [6.07, 6.45) is 1.38. The van der Waals surface area contributed by atoms with Gasteiger partial charge in [-0.1, -0.05) is 19.9 Å². The number of nitrogens with zero attached hydrogens (tertiary/aromatic N) is 2. The molecule has 0 aliphatic heterocycles. The standard InChI is InChI=1S/C22H32N2O3S/c1-16(2)11-22(25)24(9-6-10-26-5)13-19-15-28-21(23-19)14-27-20-8-7-17(3)18(4)12-20/h7-8,12,15-16H,6,9-11,13-14H2,1-5H3. The fraction of sp³-hybridized carbons (Fsp3) is 0.545. The fourth-order valence-electron chi connectivity index (χ4n) is 2.80. The van der Waals surface area contributed by atoms with E-state index in [-0.39, 0.29) is 5.91 Å². The molecular formula is C22H32N2O3S. The van der Waals surface area contributed by atoms with E-state index in [9.17, 15) is 4.79 Å². The van der Waals surface area contributed by atoms with Crippen LogP contribution >= 0.6 is 11.3 Å². The van der Waals surface area contributed by atoms with Crippen LogP contribution in [0.1, 0.15) is 48.5 Å². The van der Waals surface area contributed by atoms with Crippen molar-refractivity contribution < 1.29 is 14.3 Å². The third-order valence-corrected chi connectivity index (χ3v) is 5.38. The van der Waals surface area contributed by atoms with Crippen LogP contribution in [0.3, 0.4) is 0 Å². The Hall–Kier alpha value is -1.92. The van der Waals surface area contributed by atoms with Gasteiger partial charge in [0.1, 0.15) is 17.4 Å². The molecule has 0 saturated carbocycles. The van der Waals surface area contributed by atoms with Crippen molar-refractivity contribution in [1.29, 1.82) is 0 Å². The molecule has 0 N–H and O–H groups in total. The summed E-state index contributed by atoms with van der Waals surface area (Å²) in [6, 6.07) is 6.10. The highest BCUT2D eigenvalue weighted by molar-refractivity contribution is 7.09. The van der Waals surface area contributed by atoms with E-state index in [1.54, 1.807) is 18.4 Å². The second-order valence-electron chi connectivity index (χ2n) is 7.53. The maximum atomic E-state index is 12.6. The van der Waals surface area contributed by atoms with Gasteiger partial charge in [0.15, 0.2) is 0 Å². The summed E-state index contributed by atoms with van der Waals surface area (Å²) < 4.78 is 11.0. The van der Waals surface area contributed by atoms with Gasteiger partial charge in [0.25, 0.3) is 0 Å².